The molecule has 0 aliphatic heterocycles. The van der Waals surface area contributed by atoms with Crippen LogP contribution in [0.3, 0.4) is 0 Å². The summed E-state index contributed by atoms with van der Waals surface area (Å²) in [4.78, 5) is 5.08. The Bertz CT molecular complexity index is 130. The van der Waals surface area contributed by atoms with Gasteiger partial charge >= 0.3 is 0 Å². The molecule has 1 fully saturated rings. The van der Waals surface area contributed by atoms with Crippen LogP contribution in [0.1, 0.15) is 25.7 Å². The molecule has 1 saturated carbocycles. The van der Waals surface area contributed by atoms with Crippen LogP contribution in [-0.4, -0.2) is 31.8 Å². The summed E-state index contributed by atoms with van der Waals surface area (Å²) in [6.07, 6.45) is 5.07. The molecule has 2 N–H and O–H groups in total. The molecule has 3 heteroatoms. The quantitative estimate of drug-likeness (QED) is 0.645. The minimum Gasteiger partial charge on any atom is -0.327 e. The normalized spacial score (nSPS) is 31.0. The average Bonchev–Trinajstić information content (AvgIpc) is 2.09. The molecule has 0 heterocycles. The lowest BCUT2D eigenvalue weighted by atomic mass is 9.85. The summed E-state index contributed by atoms with van der Waals surface area (Å²) in [5.41, 5.74) is 6.00. The molecule has 0 radical (unpaired) electrons. The lowest BCUT2D eigenvalue weighted by Crippen LogP contribution is -2.39. The van der Waals surface area contributed by atoms with Crippen molar-refractivity contribution in [2.45, 2.75) is 31.7 Å². The SMILES string of the molecule is CON(C)CC1CCCCC1N. The first-order valence-electron chi connectivity index (χ1n) is 4.75. The van der Waals surface area contributed by atoms with E-state index < -0.39 is 0 Å². The Morgan fingerprint density at radius 1 is 1.42 bits per heavy atom. The first-order valence-corrected chi connectivity index (χ1v) is 4.75. The second-order valence-corrected chi connectivity index (χ2v) is 3.70. The standard InChI is InChI=1S/C9H20N2O/c1-11(12-2)7-8-5-3-4-6-9(8)10/h8-9H,3-7,10H2,1-2H3. The third kappa shape index (κ3) is 2.73. The molecule has 72 valence electrons. The largest absolute Gasteiger partial charge is 0.327 e. The molecule has 0 aromatic heterocycles. The van der Waals surface area contributed by atoms with Gasteiger partial charge in [0, 0.05) is 19.6 Å². The Morgan fingerprint density at radius 2 is 2.08 bits per heavy atom. The highest BCUT2D eigenvalue weighted by Gasteiger charge is 2.22. The van der Waals surface area contributed by atoms with Crippen LogP contribution in [0.5, 0.6) is 0 Å². The van der Waals surface area contributed by atoms with Gasteiger partial charge in [0.05, 0.1) is 7.11 Å². The molecular formula is C9H20N2O. The van der Waals surface area contributed by atoms with Gasteiger partial charge in [0.2, 0.25) is 0 Å². The zero-order valence-corrected chi connectivity index (χ0v) is 8.12. The molecule has 1 rings (SSSR count). The summed E-state index contributed by atoms with van der Waals surface area (Å²) < 4.78 is 0. The third-order valence-corrected chi connectivity index (χ3v) is 2.77. The summed E-state index contributed by atoms with van der Waals surface area (Å²) in [7, 11) is 3.66. The van der Waals surface area contributed by atoms with Crippen molar-refractivity contribution in [1.29, 1.82) is 0 Å². The molecule has 0 spiro atoms. The van der Waals surface area contributed by atoms with Gasteiger partial charge in [-0.25, -0.2) is 0 Å². The predicted octanol–water partition coefficient (Wildman–Crippen LogP) is 0.997. The maximum absolute atomic E-state index is 6.00. The topological polar surface area (TPSA) is 38.5 Å². The van der Waals surface area contributed by atoms with Crippen LogP contribution in [0, 0.1) is 5.92 Å². The molecule has 0 aromatic rings. The van der Waals surface area contributed by atoms with Gasteiger partial charge in [0.15, 0.2) is 0 Å². The van der Waals surface area contributed by atoms with Crippen LogP contribution in [0.25, 0.3) is 0 Å². The van der Waals surface area contributed by atoms with Crippen molar-refractivity contribution >= 4 is 0 Å². The van der Waals surface area contributed by atoms with E-state index in [1.807, 2.05) is 12.1 Å². The van der Waals surface area contributed by atoms with E-state index in [1.165, 1.54) is 25.7 Å². The van der Waals surface area contributed by atoms with Crippen LogP contribution in [0.15, 0.2) is 0 Å². The van der Waals surface area contributed by atoms with Crippen molar-refractivity contribution in [3.63, 3.8) is 0 Å². The minimum absolute atomic E-state index is 0.386. The fourth-order valence-electron chi connectivity index (χ4n) is 1.87. The predicted molar refractivity (Wildman–Crippen MR) is 49.6 cm³/mol. The Balaban J connectivity index is 2.28. The van der Waals surface area contributed by atoms with Gasteiger partial charge in [-0.1, -0.05) is 12.8 Å². The Hall–Kier alpha value is -0.120. The smallest absolute Gasteiger partial charge is 0.0575 e. The molecule has 2 atom stereocenters. The van der Waals surface area contributed by atoms with Crippen LogP contribution in [0.4, 0.5) is 0 Å². The first kappa shape index (κ1) is 9.96. The van der Waals surface area contributed by atoms with E-state index in [4.69, 9.17) is 10.6 Å². The highest BCUT2D eigenvalue weighted by atomic mass is 16.7. The fourth-order valence-corrected chi connectivity index (χ4v) is 1.87. The van der Waals surface area contributed by atoms with E-state index in [1.54, 1.807) is 7.11 Å². The lowest BCUT2D eigenvalue weighted by Gasteiger charge is -2.30. The van der Waals surface area contributed by atoms with Gasteiger partial charge < -0.3 is 10.6 Å². The van der Waals surface area contributed by atoms with Crippen LogP contribution >= 0.6 is 0 Å². The molecule has 0 aromatic carbocycles. The summed E-state index contributed by atoms with van der Waals surface area (Å²) in [6.45, 7) is 0.970. The number of nitrogens with zero attached hydrogens (tertiary/aromatic N) is 1. The molecule has 1 aliphatic rings. The molecule has 0 saturated heterocycles. The highest BCUT2D eigenvalue weighted by Crippen LogP contribution is 2.23. The second-order valence-electron chi connectivity index (χ2n) is 3.70. The summed E-state index contributed by atoms with van der Waals surface area (Å²) in [6, 6.07) is 0.386. The van der Waals surface area contributed by atoms with Crippen molar-refractivity contribution in [1.82, 2.24) is 5.06 Å². The van der Waals surface area contributed by atoms with Gasteiger partial charge in [0.25, 0.3) is 0 Å². The summed E-state index contributed by atoms with van der Waals surface area (Å²) in [5, 5.41) is 1.87. The van der Waals surface area contributed by atoms with Crippen molar-refractivity contribution in [3.05, 3.63) is 0 Å². The summed E-state index contributed by atoms with van der Waals surface area (Å²) >= 11 is 0. The first-order chi connectivity index (χ1) is 5.74. The van der Waals surface area contributed by atoms with Gasteiger partial charge in [-0.2, -0.15) is 5.06 Å². The Labute approximate surface area is 74.8 Å². The van der Waals surface area contributed by atoms with Gasteiger partial charge in [-0.05, 0) is 18.8 Å². The van der Waals surface area contributed by atoms with E-state index in [-0.39, 0.29) is 0 Å². The van der Waals surface area contributed by atoms with Crippen molar-refractivity contribution in [2.75, 3.05) is 20.7 Å². The van der Waals surface area contributed by atoms with Gasteiger partial charge in [-0.15, -0.1) is 0 Å². The van der Waals surface area contributed by atoms with Crippen molar-refractivity contribution in [3.8, 4) is 0 Å². The minimum atomic E-state index is 0.386. The zero-order valence-electron chi connectivity index (χ0n) is 8.12. The number of rotatable bonds is 3. The summed E-state index contributed by atoms with van der Waals surface area (Å²) in [5.74, 6) is 0.628. The monoisotopic (exact) mass is 172 g/mol. The Morgan fingerprint density at radius 3 is 2.67 bits per heavy atom. The number of hydrogen-bond donors (Lipinski definition) is 1. The zero-order chi connectivity index (χ0) is 8.97. The number of hydroxylamine groups is 2. The maximum atomic E-state index is 6.00. The maximum Gasteiger partial charge on any atom is 0.0575 e. The second kappa shape index (κ2) is 4.80. The van der Waals surface area contributed by atoms with Crippen LogP contribution in [0.2, 0.25) is 0 Å². The molecule has 1 aliphatic carbocycles. The lowest BCUT2D eigenvalue weighted by molar-refractivity contribution is -0.121. The van der Waals surface area contributed by atoms with Crippen molar-refractivity contribution < 1.29 is 4.84 Å². The van der Waals surface area contributed by atoms with E-state index in [0.717, 1.165) is 6.54 Å². The van der Waals surface area contributed by atoms with Crippen LogP contribution in [-0.2, 0) is 4.84 Å². The molecule has 0 amide bonds. The van der Waals surface area contributed by atoms with E-state index in [0.29, 0.717) is 12.0 Å². The molecule has 3 nitrogen and oxygen atoms in total. The third-order valence-electron chi connectivity index (χ3n) is 2.77. The fraction of sp³-hybridized carbons (Fsp3) is 1.00. The van der Waals surface area contributed by atoms with Crippen LogP contribution < -0.4 is 5.73 Å². The molecule has 12 heavy (non-hydrogen) atoms. The molecule has 2 unspecified atom stereocenters. The average molecular weight is 172 g/mol. The number of nitrogens with two attached hydrogens (primary N) is 1. The van der Waals surface area contributed by atoms with Crippen molar-refractivity contribution in [2.24, 2.45) is 11.7 Å². The highest BCUT2D eigenvalue weighted by molar-refractivity contribution is 4.78. The molecule has 0 bridgehead atoms. The number of hydrogen-bond acceptors (Lipinski definition) is 3. The van der Waals surface area contributed by atoms with Gasteiger partial charge in [0.1, 0.15) is 0 Å². The van der Waals surface area contributed by atoms with E-state index in [2.05, 4.69) is 0 Å². The molecular weight excluding hydrogens is 152 g/mol. The Kier molecular flexibility index (Phi) is 3.98. The van der Waals surface area contributed by atoms with E-state index >= 15 is 0 Å². The van der Waals surface area contributed by atoms with Gasteiger partial charge in [-0.3, -0.25) is 0 Å². The van der Waals surface area contributed by atoms with E-state index in [9.17, 15) is 0 Å².